The van der Waals surface area contributed by atoms with Gasteiger partial charge in [0.05, 0.1) is 10.9 Å². The van der Waals surface area contributed by atoms with Crippen molar-refractivity contribution in [3.8, 4) is 0 Å². The van der Waals surface area contributed by atoms with Gasteiger partial charge in [-0.15, -0.1) is 0 Å². The van der Waals surface area contributed by atoms with Crippen LogP contribution >= 0.6 is 0 Å². The Balaban J connectivity index is 1.47. The molecule has 0 unspecified atom stereocenters. The number of fused-ring (bicyclic) bond motifs is 4. The van der Waals surface area contributed by atoms with Gasteiger partial charge in [-0.3, -0.25) is 25.4 Å². The highest BCUT2D eigenvalue weighted by Crippen LogP contribution is 2.31. The lowest BCUT2D eigenvalue weighted by Crippen LogP contribution is -2.31. The van der Waals surface area contributed by atoms with Gasteiger partial charge in [-0.1, -0.05) is 48.5 Å². The van der Waals surface area contributed by atoms with Crippen molar-refractivity contribution >= 4 is 44.5 Å². The van der Waals surface area contributed by atoms with E-state index in [-0.39, 0.29) is 17.3 Å². The molecule has 0 aliphatic rings. The molecule has 7 heteroatoms. The number of hydrogen-bond donors (Lipinski definition) is 3. The Morgan fingerprint density at radius 1 is 0.966 bits per heavy atom. The maximum absolute atomic E-state index is 12.7. The SMILES string of the molecule is Cc1c(C(=O)NNc2nc3ccccc3c(=O)[nH]2)oc2c1ccc1ccccc12. The van der Waals surface area contributed by atoms with E-state index in [4.69, 9.17) is 4.42 Å². The number of aromatic nitrogens is 2. The van der Waals surface area contributed by atoms with Crippen LogP contribution in [0.2, 0.25) is 0 Å². The number of anilines is 1. The molecule has 7 nitrogen and oxygen atoms in total. The number of aryl methyl sites for hydroxylation is 1. The summed E-state index contributed by atoms with van der Waals surface area (Å²) in [6, 6.07) is 18.8. The molecule has 0 aliphatic heterocycles. The maximum atomic E-state index is 12.7. The number of H-pyrrole nitrogens is 1. The fourth-order valence-corrected chi connectivity index (χ4v) is 3.48. The van der Waals surface area contributed by atoms with Crippen LogP contribution in [0.5, 0.6) is 0 Å². The molecule has 0 bridgehead atoms. The van der Waals surface area contributed by atoms with Crippen LogP contribution in [0.4, 0.5) is 5.95 Å². The largest absolute Gasteiger partial charge is 0.450 e. The summed E-state index contributed by atoms with van der Waals surface area (Å²) in [5, 5.41) is 3.34. The van der Waals surface area contributed by atoms with Crippen LogP contribution in [0.3, 0.4) is 0 Å². The number of rotatable bonds is 3. The van der Waals surface area contributed by atoms with E-state index in [1.165, 1.54) is 0 Å². The summed E-state index contributed by atoms with van der Waals surface area (Å²) in [5.74, 6) is -0.119. The number of carbonyl (C=O) groups is 1. The van der Waals surface area contributed by atoms with Crippen molar-refractivity contribution in [2.75, 3.05) is 5.43 Å². The molecule has 29 heavy (non-hydrogen) atoms. The smallest absolute Gasteiger partial charge is 0.305 e. The molecular weight excluding hydrogens is 368 g/mol. The molecular formula is C22H16N4O3. The molecule has 2 aromatic heterocycles. The van der Waals surface area contributed by atoms with Gasteiger partial charge in [-0.25, -0.2) is 4.98 Å². The van der Waals surface area contributed by atoms with Gasteiger partial charge in [0.1, 0.15) is 5.58 Å². The lowest BCUT2D eigenvalue weighted by Gasteiger charge is -2.07. The van der Waals surface area contributed by atoms with Gasteiger partial charge < -0.3 is 4.42 Å². The van der Waals surface area contributed by atoms with E-state index in [0.717, 1.165) is 21.7 Å². The van der Waals surface area contributed by atoms with Crippen LogP contribution in [0.25, 0.3) is 32.6 Å². The standard InChI is InChI=1S/C22H16N4O3/c1-12-14-11-10-13-6-2-3-7-15(13)19(14)29-18(12)21(28)25-26-22-23-17-9-5-4-8-16(17)20(27)24-22/h2-11H,1H3,(H,25,28)(H2,23,24,26,27). The normalized spacial score (nSPS) is 11.2. The quantitative estimate of drug-likeness (QED) is 0.410. The van der Waals surface area contributed by atoms with Crippen LogP contribution in [0, 0.1) is 6.92 Å². The second kappa shape index (κ2) is 6.49. The first-order chi connectivity index (χ1) is 14.1. The summed E-state index contributed by atoms with van der Waals surface area (Å²) in [7, 11) is 0. The number of para-hydroxylation sites is 1. The predicted molar refractivity (Wildman–Crippen MR) is 112 cm³/mol. The number of aromatic amines is 1. The molecule has 2 heterocycles. The lowest BCUT2D eigenvalue weighted by molar-refractivity contribution is 0.0936. The van der Waals surface area contributed by atoms with Crippen LogP contribution in [-0.2, 0) is 0 Å². The summed E-state index contributed by atoms with van der Waals surface area (Å²) in [5.41, 5.74) is 6.84. The molecule has 142 valence electrons. The molecule has 0 saturated carbocycles. The zero-order valence-electron chi connectivity index (χ0n) is 15.4. The average molecular weight is 384 g/mol. The predicted octanol–water partition coefficient (Wildman–Crippen LogP) is 3.89. The van der Waals surface area contributed by atoms with Gasteiger partial charge in [0.25, 0.3) is 5.56 Å². The van der Waals surface area contributed by atoms with E-state index in [1.807, 2.05) is 43.3 Å². The summed E-state index contributed by atoms with van der Waals surface area (Å²) in [4.78, 5) is 31.7. The number of nitrogens with zero attached hydrogens (tertiary/aromatic N) is 1. The highest BCUT2D eigenvalue weighted by atomic mass is 16.3. The summed E-state index contributed by atoms with van der Waals surface area (Å²) < 4.78 is 5.91. The molecule has 0 fully saturated rings. The molecule has 5 aromatic rings. The summed E-state index contributed by atoms with van der Waals surface area (Å²) in [6.07, 6.45) is 0. The third-order valence-electron chi connectivity index (χ3n) is 4.94. The fraction of sp³-hybridized carbons (Fsp3) is 0.0455. The minimum atomic E-state index is -0.460. The van der Waals surface area contributed by atoms with Crippen molar-refractivity contribution in [2.45, 2.75) is 6.92 Å². The highest BCUT2D eigenvalue weighted by molar-refractivity contribution is 6.09. The Bertz CT molecular complexity index is 1470. The van der Waals surface area contributed by atoms with Crippen molar-refractivity contribution in [2.24, 2.45) is 0 Å². The number of amides is 1. The van der Waals surface area contributed by atoms with Crippen LogP contribution in [0.15, 0.2) is 69.9 Å². The number of nitrogens with one attached hydrogen (secondary N) is 3. The number of carbonyl (C=O) groups excluding carboxylic acids is 1. The van der Waals surface area contributed by atoms with E-state index in [9.17, 15) is 9.59 Å². The minimum Gasteiger partial charge on any atom is -0.450 e. The minimum absolute atomic E-state index is 0.140. The monoisotopic (exact) mass is 384 g/mol. The van der Waals surface area contributed by atoms with Crippen molar-refractivity contribution in [1.29, 1.82) is 0 Å². The number of hydrazine groups is 1. The first-order valence-corrected chi connectivity index (χ1v) is 9.08. The maximum Gasteiger partial charge on any atom is 0.305 e. The van der Waals surface area contributed by atoms with E-state index in [0.29, 0.717) is 16.5 Å². The Hall–Kier alpha value is -4.13. The van der Waals surface area contributed by atoms with Crippen molar-refractivity contribution in [3.63, 3.8) is 0 Å². The average Bonchev–Trinajstić information content (AvgIpc) is 3.09. The van der Waals surface area contributed by atoms with Gasteiger partial charge in [-0.2, -0.15) is 0 Å². The molecule has 0 atom stereocenters. The second-order valence-corrected chi connectivity index (χ2v) is 6.73. The first-order valence-electron chi connectivity index (χ1n) is 9.08. The topological polar surface area (TPSA) is 100 Å². The third-order valence-corrected chi connectivity index (χ3v) is 4.94. The van der Waals surface area contributed by atoms with Gasteiger partial charge >= 0.3 is 5.91 Å². The van der Waals surface area contributed by atoms with E-state index in [1.54, 1.807) is 24.3 Å². The summed E-state index contributed by atoms with van der Waals surface area (Å²) in [6.45, 7) is 1.84. The summed E-state index contributed by atoms with van der Waals surface area (Å²) >= 11 is 0. The second-order valence-electron chi connectivity index (χ2n) is 6.73. The molecule has 0 spiro atoms. The van der Waals surface area contributed by atoms with Crippen molar-refractivity contribution < 1.29 is 9.21 Å². The number of hydrogen-bond acceptors (Lipinski definition) is 5. The Morgan fingerprint density at radius 3 is 2.59 bits per heavy atom. The van der Waals surface area contributed by atoms with Crippen molar-refractivity contribution in [1.82, 2.24) is 15.4 Å². The third kappa shape index (κ3) is 2.80. The molecule has 0 aliphatic carbocycles. The van der Waals surface area contributed by atoms with E-state index >= 15 is 0 Å². The zero-order valence-corrected chi connectivity index (χ0v) is 15.4. The first kappa shape index (κ1) is 17.0. The van der Waals surface area contributed by atoms with Gasteiger partial charge in [0, 0.05) is 16.3 Å². The van der Waals surface area contributed by atoms with Crippen LogP contribution in [-0.4, -0.2) is 15.9 Å². The molecule has 0 saturated heterocycles. The van der Waals surface area contributed by atoms with Crippen molar-refractivity contribution in [3.05, 3.63) is 82.3 Å². The Labute approximate surface area is 164 Å². The van der Waals surface area contributed by atoms with E-state index < -0.39 is 5.91 Å². The molecule has 5 rings (SSSR count). The van der Waals surface area contributed by atoms with Crippen LogP contribution in [0.1, 0.15) is 16.1 Å². The molecule has 3 N–H and O–H groups in total. The van der Waals surface area contributed by atoms with Gasteiger partial charge in [-0.05, 0) is 24.4 Å². The number of benzene rings is 3. The lowest BCUT2D eigenvalue weighted by atomic mass is 10.1. The Morgan fingerprint density at radius 2 is 1.72 bits per heavy atom. The molecule has 3 aromatic carbocycles. The number of furan rings is 1. The van der Waals surface area contributed by atoms with E-state index in [2.05, 4.69) is 20.8 Å². The zero-order chi connectivity index (χ0) is 20.0. The molecule has 1 amide bonds. The van der Waals surface area contributed by atoms with Crippen LogP contribution < -0.4 is 16.4 Å². The van der Waals surface area contributed by atoms with Gasteiger partial charge in [0.15, 0.2) is 5.76 Å². The fourth-order valence-electron chi connectivity index (χ4n) is 3.48. The highest BCUT2D eigenvalue weighted by Gasteiger charge is 2.19. The van der Waals surface area contributed by atoms with Gasteiger partial charge in [0.2, 0.25) is 5.95 Å². The molecule has 0 radical (unpaired) electrons. The Kier molecular flexibility index (Phi) is 3.80.